The van der Waals surface area contributed by atoms with Crippen LogP contribution in [0.2, 0.25) is 13.1 Å². The number of benzene rings is 8. The smallest absolute Gasteiger partial charge is 0.183 e. The molecular formula is C50H38OSi2. The van der Waals surface area contributed by atoms with Crippen LogP contribution >= 0.6 is 0 Å². The summed E-state index contributed by atoms with van der Waals surface area (Å²) in [6, 6.07) is 72.4. The molecule has 0 amide bonds. The van der Waals surface area contributed by atoms with Gasteiger partial charge in [-0.15, -0.1) is 0 Å². The predicted octanol–water partition coefficient (Wildman–Crippen LogP) is 8.97. The van der Waals surface area contributed by atoms with Crippen molar-refractivity contribution < 1.29 is 4.74 Å². The Morgan fingerprint density at radius 1 is 0.358 bits per heavy atom. The standard InChI is InChI=1S/C50H38OSi2/c1-52(2)47-29-16-15-28-46(47)51-50-48(52)30-17-31-49(50)53(35-18-5-3-6-19-35,36-20-7-4-8-21-36)37-32-33-44-42-26-12-11-24-40(42)38-22-9-10-23-39(38)41-25-13-14-27-43(41)45(44)34-37/h3-34H,1-2H3. The Bertz CT molecular complexity index is 2630. The van der Waals surface area contributed by atoms with Crippen LogP contribution in [-0.4, -0.2) is 16.1 Å². The van der Waals surface area contributed by atoms with E-state index in [0.717, 1.165) is 11.5 Å². The van der Waals surface area contributed by atoms with Crippen molar-refractivity contribution in [3.8, 4) is 56.0 Å². The maximum absolute atomic E-state index is 7.18. The molecule has 0 bridgehead atoms. The molecule has 0 radical (unpaired) electrons. The van der Waals surface area contributed by atoms with E-state index in [1.54, 1.807) is 0 Å². The van der Waals surface area contributed by atoms with E-state index in [1.165, 1.54) is 75.6 Å². The summed E-state index contributed by atoms with van der Waals surface area (Å²) in [4.78, 5) is 0. The molecule has 0 spiro atoms. The van der Waals surface area contributed by atoms with Crippen LogP contribution in [0.3, 0.4) is 0 Å². The molecule has 2 aliphatic rings. The van der Waals surface area contributed by atoms with E-state index < -0.39 is 16.1 Å². The van der Waals surface area contributed by atoms with Gasteiger partial charge in [0.15, 0.2) is 8.07 Å². The maximum Gasteiger partial charge on any atom is 0.183 e. The second-order valence-electron chi connectivity index (χ2n) is 14.8. The molecule has 53 heavy (non-hydrogen) atoms. The van der Waals surface area contributed by atoms with Gasteiger partial charge in [0, 0.05) is 0 Å². The summed E-state index contributed by atoms with van der Waals surface area (Å²) in [5.41, 5.74) is 10.1. The minimum absolute atomic E-state index is 0.996. The Hall–Kier alpha value is -6.01. The molecule has 0 N–H and O–H groups in total. The third kappa shape index (κ3) is 4.74. The lowest BCUT2D eigenvalue weighted by atomic mass is 9.81. The maximum atomic E-state index is 7.18. The first-order chi connectivity index (χ1) is 26.1. The van der Waals surface area contributed by atoms with Crippen LogP contribution in [0.1, 0.15) is 0 Å². The SMILES string of the molecule is C[Si]1(C)c2ccccc2Oc2c1cccc2[Si](c1ccccc1)(c1ccccc1)c1ccc2c(c1)-c1ccccc1-c1ccccc1-c1ccccc1-2. The van der Waals surface area contributed by atoms with E-state index in [1.807, 2.05) is 0 Å². The van der Waals surface area contributed by atoms with Crippen LogP contribution < -0.4 is 35.9 Å². The molecule has 1 heterocycles. The van der Waals surface area contributed by atoms with Crippen molar-refractivity contribution in [2.45, 2.75) is 13.1 Å². The molecule has 252 valence electrons. The third-order valence-corrected chi connectivity index (χ3v) is 20.0. The van der Waals surface area contributed by atoms with Gasteiger partial charge < -0.3 is 4.74 Å². The number of ether oxygens (including phenoxy) is 1. The van der Waals surface area contributed by atoms with Crippen LogP contribution in [0.15, 0.2) is 194 Å². The number of hydrogen-bond acceptors (Lipinski definition) is 1. The number of para-hydroxylation sites is 2. The summed E-state index contributed by atoms with van der Waals surface area (Å²) in [7, 11) is -5.14. The highest BCUT2D eigenvalue weighted by atomic mass is 28.3. The monoisotopic (exact) mass is 710 g/mol. The lowest BCUT2D eigenvalue weighted by Crippen LogP contribution is -2.75. The lowest BCUT2D eigenvalue weighted by Gasteiger charge is -2.40. The van der Waals surface area contributed by atoms with E-state index in [9.17, 15) is 0 Å². The van der Waals surface area contributed by atoms with Crippen molar-refractivity contribution in [2.24, 2.45) is 0 Å². The zero-order valence-corrected chi connectivity index (χ0v) is 31.9. The van der Waals surface area contributed by atoms with Crippen LogP contribution in [-0.2, 0) is 0 Å². The van der Waals surface area contributed by atoms with Crippen LogP contribution in [0.5, 0.6) is 11.5 Å². The van der Waals surface area contributed by atoms with Crippen molar-refractivity contribution in [3.05, 3.63) is 194 Å². The number of rotatable bonds is 4. The fourth-order valence-corrected chi connectivity index (χ4v) is 17.0. The molecule has 1 aliphatic heterocycles. The van der Waals surface area contributed by atoms with Gasteiger partial charge in [0.25, 0.3) is 0 Å². The summed E-state index contributed by atoms with van der Waals surface area (Å²) in [5, 5.41) is 8.03. The van der Waals surface area contributed by atoms with Gasteiger partial charge in [-0.2, -0.15) is 0 Å². The van der Waals surface area contributed by atoms with E-state index in [0.29, 0.717) is 0 Å². The second kappa shape index (κ2) is 12.3. The highest BCUT2D eigenvalue weighted by molar-refractivity contribution is 7.20. The highest BCUT2D eigenvalue weighted by Crippen LogP contribution is 2.47. The van der Waals surface area contributed by atoms with E-state index in [2.05, 4.69) is 207 Å². The Morgan fingerprint density at radius 3 is 1.34 bits per heavy atom. The topological polar surface area (TPSA) is 9.23 Å². The van der Waals surface area contributed by atoms with E-state index >= 15 is 0 Å². The normalized spacial score (nSPS) is 13.4. The minimum atomic E-state index is -3.04. The minimum Gasteiger partial charge on any atom is -0.458 e. The van der Waals surface area contributed by atoms with Crippen molar-refractivity contribution >= 4 is 47.3 Å². The van der Waals surface area contributed by atoms with Crippen molar-refractivity contribution in [3.63, 3.8) is 0 Å². The van der Waals surface area contributed by atoms with Gasteiger partial charge in [-0.3, -0.25) is 0 Å². The molecule has 8 aromatic carbocycles. The molecule has 0 aromatic heterocycles. The summed E-state index contributed by atoms with van der Waals surface area (Å²) in [6.07, 6.45) is 0. The molecule has 0 saturated carbocycles. The molecule has 8 aromatic rings. The molecule has 0 fully saturated rings. The summed E-state index contributed by atoms with van der Waals surface area (Å²) < 4.78 is 7.18. The van der Waals surface area contributed by atoms with Crippen molar-refractivity contribution in [1.29, 1.82) is 0 Å². The Kier molecular flexibility index (Phi) is 7.36. The molecule has 0 unspecified atom stereocenters. The summed E-state index contributed by atoms with van der Waals surface area (Å²) in [6.45, 7) is 4.95. The van der Waals surface area contributed by atoms with E-state index in [-0.39, 0.29) is 0 Å². The average molecular weight is 711 g/mol. The Balaban J connectivity index is 1.34. The Labute approximate surface area is 313 Å². The molecular weight excluding hydrogens is 673 g/mol. The van der Waals surface area contributed by atoms with Crippen LogP contribution in [0, 0.1) is 0 Å². The van der Waals surface area contributed by atoms with E-state index in [4.69, 9.17) is 4.74 Å². The molecule has 0 saturated heterocycles. The van der Waals surface area contributed by atoms with Gasteiger partial charge in [0.1, 0.15) is 19.6 Å². The molecule has 1 nitrogen and oxygen atoms in total. The van der Waals surface area contributed by atoms with Crippen molar-refractivity contribution in [1.82, 2.24) is 0 Å². The third-order valence-electron chi connectivity index (χ3n) is 11.7. The van der Waals surface area contributed by atoms with Gasteiger partial charge in [-0.05, 0) is 81.7 Å². The lowest BCUT2D eigenvalue weighted by molar-refractivity contribution is 0.490. The van der Waals surface area contributed by atoms with Crippen LogP contribution in [0.25, 0.3) is 44.5 Å². The van der Waals surface area contributed by atoms with Crippen LogP contribution in [0.4, 0.5) is 0 Å². The second-order valence-corrected chi connectivity index (χ2v) is 22.9. The summed E-state index contributed by atoms with van der Waals surface area (Å²) in [5.74, 6) is 2.05. The molecule has 10 rings (SSSR count). The fraction of sp³-hybridized carbons (Fsp3) is 0.0400. The van der Waals surface area contributed by atoms with Gasteiger partial charge in [0.2, 0.25) is 0 Å². The average Bonchev–Trinajstić information content (AvgIpc) is 3.22. The molecule has 0 atom stereocenters. The summed E-state index contributed by atoms with van der Waals surface area (Å²) >= 11 is 0. The number of fused-ring (bicyclic) bond motifs is 10. The fourth-order valence-electron chi connectivity index (χ4n) is 9.20. The van der Waals surface area contributed by atoms with Gasteiger partial charge in [-0.1, -0.05) is 201 Å². The van der Waals surface area contributed by atoms with Gasteiger partial charge in [0.05, 0.1) is 0 Å². The van der Waals surface area contributed by atoms with Gasteiger partial charge >= 0.3 is 0 Å². The molecule has 1 aliphatic carbocycles. The largest absolute Gasteiger partial charge is 0.458 e. The first-order valence-electron chi connectivity index (χ1n) is 18.5. The van der Waals surface area contributed by atoms with Gasteiger partial charge in [-0.25, -0.2) is 0 Å². The molecule has 3 heteroatoms. The zero-order chi connectivity index (χ0) is 35.6. The Morgan fingerprint density at radius 2 is 0.792 bits per heavy atom. The first-order valence-corrected chi connectivity index (χ1v) is 23.5. The predicted molar refractivity (Wildman–Crippen MR) is 229 cm³/mol. The highest BCUT2D eigenvalue weighted by Gasteiger charge is 2.47. The van der Waals surface area contributed by atoms with Crippen molar-refractivity contribution in [2.75, 3.05) is 0 Å². The zero-order valence-electron chi connectivity index (χ0n) is 29.9. The number of hydrogen-bond donors (Lipinski definition) is 0. The first kappa shape index (κ1) is 31.7. The quantitative estimate of drug-likeness (QED) is 0.131.